The lowest BCUT2D eigenvalue weighted by atomic mass is 9.97. The summed E-state index contributed by atoms with van der Waals surface area (Å²) < 4.78 is 0. The molecule has 1 N–H and O–H groups in total. The number of nitrogens with zero attached hydrogens (tertiary/aromatic N) is 1. The topological polar surface area (TPSA) is 49.4 Å². The molecule has 5 heteroatoms. The average Bonchev–Trinajstić information content (AvgIpc) is 3.04. The van der Waals surface area contributed by atoms with E-state index in [0.29, 0.717) is 24.0 Å². The summed E-state index contributed by atoms with van der Waals surface area (Å²) >= 11 is 5.90. The monoisotopic (exact) mass is 398 g/mol. The largest absolute Gasteiger partial charge is 0.355 e. The fourth-order valence-electron chi connectivity index (χ4n) is 3.74. The van der Waals surface area contributed by atoms with Crippen LogP contribution in [0.5, 0.6) is 0 Å². The van der Waals surface area contributed by atoms with Crippen molar-refractivity contribution in [2.45, 2.75) is 39.5 Å². The molecular formula is C23H27ClN2O2. The van der Waals surface area contributed by atoms with Crippen LogP contribution >= 0.6 is 11.6 Å². The number of hydrogen-bond donors (Lipinski definition) is 1. The molecule has 4 nitrogen and oxygen atoms in total. The normalized spacial score (nSPS) is 16.7. The summed E-state index contributed by atoms with van der Waals surface area (Å²) in [7, 11) is 0. The van der Waals surface area contributed by atoms with Crippen molar-refractivity contribution in [3.8, 4) is 0 Å². The lowest BCUT2D eigenvalue weighted by Crippen LogP contribution is -2.34. The molecule has 0 spiro atoms. The van der Waals surface area contributed by atoms with Crippen LogP contribution in [0, 0.1) is 12.8 Å². The molecule has 0 radical (unpaired) electrons. The highest BCUT2D eigenvalue weighted by Gasteiger charge is 2.36. The summed E-state index contributed by atoms with van der Waals surface area (Å²) in [5.41, 5.74) is 4.31. The minimum absolute atomic E-state index is 0.0223. The van der Waals surface area contributed by atoms with Crippen LogP contribution in [0.2, 0.25) is 5.02 Å². The predicted octanol–water partition coefficient (Wildman–Crippen LogP) is 4.48. The van der Waals surface area contributed by atoms with Gasteiger partial charge in [-0.05, 0) is 48.1 Å². The molecule has 1 atom stereocenters. The van der Waals surface area contributed by atoms with Gasteiger partial charge in [-0.25, -0.2) is 0 Å². The third-order valence-electron chi connectivity index (χ3n) is 5.28. The fraction of sp³-hybridized carbons (Fsp3) is 0.391. The molecule has 3 rings (SSSR count). The van der Waals surface area contributed by atoms with E-state index in [1.165, 1.54) is 0 Å². The van der Waals surface area contributed by atoms with Gasteiger partial charge in [0.05, 0.1) is 5.92 Å². The van der Waals surface area contributed by atoms with Crippen LogP contribution in [0.1, 0.15) is 42.9 Å². The molecular weight excluding hydrogens is 372 g/mol. The summed E-state index contributed by atoms with van der Waals surface area (Å²) in [4.78, 5) is 27.1. The number of anilines is 1. The van der Waals surface area contributed by atoms with Crippen LogP contribution in [-0.2, 0) is 16.0 Å². The van der Waals surface area contributed by atoms with Crippen LogP contribution < -0.4 is 10.2 Å². The predicted molar refractivity (Wildman–Crippen MR) is 114 cm³/mol. The van der Waals surface area contributed by atoms with E-state index in [4.69, 9.17) is 11.6 Å². The average molecular weight is 399 g/mol. The summed E-state index contributed by atoms with van der Waals surface area (Å²) in [5.74, 6) is -0.0224. The Morgan fingerprint density at radius 3 is 2.61 bits per heavy atom. The van der Waals surface area contributed by atoms with Crippen molar-refractivity contribution < 1.29 is 9.59 Å². The van der Waals surface area contributed by atoms with E-state index >= 15 is 0 Å². The standard InChI is InChI=1S/C23H27ClN2O2/c1-15(2)20-6-4-5-16(3)22(20)26-14-18(13-21(26)27)23(28)25-12-11-17-7-9-19(24)10-8-17/h4-10,15,18H,11-14H2,1-3H3,(H,25,28). The van der Waals surface area contributed by atoms with E-state index in [1.807, 2.05) is 43.3 Å². The van der Waals surface area contributed by atoms with Gasteiger partial charge in [-0.2, -0.15) is 0 Å². The molecule has 0 aromatic heterocycles. The molecule has 0 bridgehead atoms. The number of carbonyl (C=O) groups is 2. The van der Waals surface area contributed by atoms with Gasteiger partial charge in [0.2, 0.25) is 11.8 Å². The van der Waals surface area contributed by atoms with Gasteiger partial charge < -0.3 is 10.2 Å². The first-order valence-corrected chi connectivity index (χ1v) is 10.2. The van der Waals surface area contributed by atoms with E-state index in [1.54, 1.807) is 4.90 Å². The Morgan fingerprint density at radius 2 is 1.93 bits per heavy atom. The number of benzene rings is 2. The smallest absolute Gasteiger partial charge is 0.227 e. The first kappa shape index (κ1) is 20.4. The van der Waals surface area contributed by atoms with Gasteiger partial charge in [0.15, 0.2) is 0 Å². The molecule has 2 aromatic rings. The molecule has 0 saturated carbocycles. The molecule has 148 valence electrons. The summed E-state index contributed by atoms with van der Waals surface area (Å²) in [6, 6.07) is 13.7. The van der Waals surface area contributed by atoms with Crippen molar-refractivity contribution in [1.82, 2.24) is 5.32 Å². The lowest BCUT2D eigenvalue weighted by molar-refractivity contribution is -0.126. The Morgan fingerprint density at radius 1 is 1.21 bits per heavy atom. The highest BCUT2D eigenvalue weighted by molar-refractivity contribution is 6.30. The molecule has 1 unspecified atom stereocenters. The molecule has 1 heterocycles. The van der Waals surface area contributed by atoms with E-state index in [0.717, 1.165) is 28.8 Å². The van der Waals surface area contributed by atoms with Gasteiger partial charge in [-0.3, -0.25) is 9.59 Å². The highest BCUT2D eigenvalue weighted by Crippen LogP contribution is 2.34. The molecule has 1 aliphatic heterocycles. The van der Waals surface area contributed by atoms with Gasteiger partial charge in [0.25, 0.3) is 0 Å². The van der Waals surface area contributed by atoms with Gasteiger partial charge in [0.1, 0.15) is 0 Å². The molecule has 2 amide bonds. The maximum atomic E-state index is 12.7. The van der Waals surface area contributed by atoms with Gasteiger partial charge >= 0.3 is 0 Å². The van der Waals surface area contributed by atoms with Gasteiger partial charge in [-0.1, -0.05) is 55.8 Å². The number of carbonyl (C=O) groups excluding carboxylic acids is 2. The SMILES string of the molecule is Cc1cccc(C(C)C)c1N1CC(C(=O)NCCc2ccc(Cl)cc2)CC1=O. The van der Waals surface area contributed by atoms with Crippen molar-refractivity contribution in [3.63, 3.8) is 0 Å². The van der Waals surface area contributed by atoms with E-state index in [2.05, 4.69) is 25.2 Å². The Balaban J connectivity index is 1.63. The van der Waals surface area contributed by atoms with Crippen LogP contribution in [0.15, 0.2) is 42.5 Å². The summed E-state index contributed by atoms with van der Waals surface area (Å²) in [6.45, 7) is 7.26. The number of hydrogen-bond acceptors (Lipinski definition) is 2. The second-order valence-corrected chi connectivity index (χ2v) is 8.18. The number of para-hydroxylation sites is 1. The Bertz CT molecular complexity index is 861. The Kier molecular flexibility index (Phi) is 6.40. The lowest BCUT2D eigenvalue weighted by Gasteiger charge is -2.24. The van der Waals surface area contributed by atoms with Crippen molar-refractivity contribution >= 4 is 29.1 Å². The van der Waals surface area contributed by atoms with Crippen molar-refractivity contribution in [1.29, 1.82) is 0 Å². The van der Waals surface area contributed by atoms with E-state index in [9.17, 15) is 9.59 Å². The zero-order chi connectivity index (χ0) is 20.3. The first-order valence-electron chi connectivity index (χ1n) is 9.79. The van der Waals surface area contributed by atoms with Crippen LogP contribution in [0.3, 0.4) is 0 Å². The second kappa shape index (κ2) is 8.78. The molecule has 0 aliphatic carbocycles. The number of nitrogens with one attached hydrogen (secondary N) is 1. The fourth-order valence-corrected chi connectivity index (χ4v) is 3.87. The maximum absolute atomic E-state index is 12.7. The Hall–Kier alpha value is -2.33. The molecule has 2 aromatic carbocycles. The van der Waals surface area contributed by atoms with E-state index < -0.39 is 0 Å². The minimum Gasteiger partial charge on any atom is -0.355 e. The third kappa shape index (κ3) is 4.56. The van der Waals surface area contributed by atoms with Crippen LogP contribution in [0.25, 0.3) is 0 Å². The Labute approximate surface area is 171 Å². The quantitative estimate of drug-likeness (QED) is 0.779. The molecule has 28 heavy (non-hydrogen) atoms. The zero-order valence-corrected chi connectivity index (χ0v) is 17.4. The molecule has 1 fully saturated rings. The zero-order valence-electron chi connectivity index (χ0n) is 16.7. The van der Waals surface area contributed by atoms with Crippen LogP contribution in [0.4, 0.5) is 5.69 Å². The van der Waals surface area contributed by atoms with E-state index in [-0.39, 0.29) is 24.2 Å². The maximum Gasteiger partial charge on any atom is 0.227 e. The van der Waals surface area contributed by atoms with Crippen molar-refractivity contribution in [3.05, 3.63) is 64.2 Å². The summed E-state index contributed by atoms with van der Waals surface area (Å²) in [5, 5.41) is 3.68. The molecule has 1 aliphatic rings. The number of halogens is 1. The van der Waals surface area contributed by atoms with Crippen molar-refractivity contribution in [2.24, 2.45) is 5.92 Å². The second-order valence-electron chi connectivity index (χ2n) is 7.74. The minimum atomic E-state index is -0.308. The summed E-state index contributed by atoms with van der Waals surface area (Å²) in [6.07, 6.45) is 1.00. The first-order chi connectivity index (χ1) is 13.4. The van der Waals surface area contributed by atoms with Gasteiger partial charge in [0, 0.05) is 30.2 Å². The number of rotatable bonds is 6. The highest BCUT2D eigenvalue weighted by atomic mass is 35.5. The van der Waals surface area contributed by atoms with Crippen molar-refractivity contribution in [2.75, 3.05) is 18.0 Å². The van der Waals surface area contributed by atoms with Crippen LogP contribution in [-0.4, -0.2) is 24.9 Å². The number of aryl methyl sites for hydroxylation is 1. The number of amides is 2. The molecule has 1 saturated heterocycles. The third-order valence-corrected chi connectivity index (χ3v) is 5.53. The van der Waals surface area contributed by atoms with Gasteiger partial charge in [-0.15, -0.1) is 0 Å².